The zero-order valence-electron chi connectivity index (χ0n) is 17.2. The summed E-state index contributed by atoms with van der Waals surface area (Å²) in [5, 5.41) is 5.55. The number of nitrogens with zero attached hydrogens (tertiary/aromatic N) is 3. The van der Waals surface area contributed by atoms with Crippen LogP contribution in [0.15, 0.2) is 84.0 Å². The number of rotatable bonds is 5. The lowest BCUT2D eigenvalue weighted by Gasteiger charge is -2.11. The molecule has 4 aromatic rings. The van der Waals surface area contributed by atoms with E-state index < -0.39 is 0 Å². The highest BCUT2D eigenvalue weighted by molar-refractivity contribution is 6.30. The minimum Gasteiger partial charge on any atom is -0.378 e. The molecule has 0 bridgehead atoms. The number of carbonyl (C=O) groups is 1. The first kappa shape index (κ1) is 20.6. The average Bonchev–Trinajstić information content (AvgIpc) is 2.79. The number of hydrogen-bond acceptors (Lipinski definition) is 4. The molecule has 1 aromatic heterocycles. The fraction of sp³-hybridized carbons (Fsp3) is 0.0800. The van der Waals surface area contributed by atoms with Gasteiger partial charge in [0.25, 0.3) is 5.91 Å². The minimum atomic E-state index is -0.296. The molecule has 0 saturated carbocycles. The molecule has 1 heterocycles. The van der Waals surface area contributed by atoms with Gasteiger partial charge in [0, 0.05) is 35.8 Å². The SMILES string of the molecule is CN(C)c1ccc(C=NNC(=O)c2cc(-c3ccc(Cl)cc3)nc3ccccc23)cc1. The number of anilines is 1. The number of nitrogens with one attached hydrogen (secondary N) is 1. The molecule has 0 fully saturated rings. The summed E-state index contributed by atoms with van der Waals surface area (Å²) in [5.74, 6) is -0.296. The van der Waals surface area contributed by atoms with E-state index in [1.807, 2.05) is 79.7 Å². The normalized spacial score (nSPS) is 11.1. The van der Waals surface area contributed by atoms with Crippen molar-refractivity contribution in [1.82, 2.24) is 10.4 Å². The van der Waals surface area contributed by atoms with E-state index in [1.165, 1.54) is 0 Å². The van der Waals surface area contributed by atoms with Crippen molar-refractivity contribution in [1.29, 1.82) is 0 Å². The van der Waals surface area contributed by atoms with Crippen LogP contribution in [0.25, 0.3) is 22.2 Å². The Balaban J connectivity index is 1.61. The highest BCUT2D eigenvalue weighted by Gasteiger charge is 2.13. The summed E-state index contributed by atoms with van der Waals surface area (Å²) in [5.41, 5.74) is 7.46. The number of hydrogen-bond donors (Lipinski definition) is 1. The number of hydrazone groups is 1. The fourth-order valence-electron chi connectivity index (χ4n) is 3.22. The van der Waals surface area contributed by atoms with Crippen LogP contribution in [-0.4, -0.2) is 31.2 Å². The number of amides is 1. The first-order chi connectivity index (χ1) is 15.0. The van der Waals surface area contributed by atoms with E-state index >= 15 is 0 Å². The lowest BCUT2D eigenvalue weighted by atomic mass is 10.0. The van der Waals surface area contributed by atoms with Crippen molar-refractivity contribution >= 4 is 40.3 Å². The van der Waals surface area contributed by atoms with Gasteiger partial charge in [0.05, 0.1) is 23.0 Å². The lowest BCUT2D eigenvalue weighted by molar-refractivity contribution is 0.0956. The number of benzene rings is 3. The molecule has 0 aliphatic rings. The molecule has 1 N–H and O–H groups in total. The summed E-state index contributed by atoms with van der Waals surface area (Å²) < 4.78 is 0. The van der Waals surface area contributed by atoms with Crippen LogP contribution in [-0.2, 0) is 0 Å². The van der Waals surface area contributed by atoms with Crippen LogP contribution >= 0.6 is 11.6 Å². The second kappa shape index (κ2) is 8.98. The van der Waals surface area contributed by atoms with Crippen molar-refractivity contribution in [2.24, 2.45) is 5.10 Å². The molecule has 0 aliphatic carbocycles. The molecule has 6 heteroatoms. The molecule has 0 atom stereocenters. The summed E-state index contributed by atoms with van der Waals surface area (Å²) in [6.45, 7) is 0. The summed E-state index contributed by atoms with van der Waals surface area (Å²) in [6, 6.07) is 24.6. The van der Waals surface area contributed by atoms with E-state index in [-0.39, 0.29) is 5.91 Å². The zero-order valence-corrected chi connectivity index (χ0v) is 18.0. The van der Waals surface area contributed by atoms with E-state index in [2.05, 4.69) is 10.5 Å². The number of fused-ring (bicyclic) bond motifs is 1. The first-order valence-corrected chi connectivity index (χ1v) is 10.2. The van der Waals surface area contributed by atoms with Gasteiger partial charge in [0.15, 0.2) is 0 Å². The molecule has 0 aliphatic heterocycles. The second-order valence-electron chi connectivity index (χ2n) is 7.26. The van der Waals surface area contributed by atoms with Crippen molar-refractivity contribution < 1.29 is 4.79 Å². The third kappa shape index (κ3) is 4.73. The Morgan fingerprint density at radius 3 is 2.42 bits per heavy atom. The topological polar surface area (TPSA) is 57.6 Å². The van der Waals surface area contributed by atoms with Crippen molar-refractivity contribution in [2.75, 3.05) is 19.0 Å². The van der Waals surface area contributed by atoms with Crippen molar-refractivity contribution in [2.45, 2.75) is 0 Å². The number of para-hydroxylation sites is 1. The quantitative estimate of drug-likeness (QED) is 0.342. The third-order valence-corrected chi connectivity index (χ3v) is 5.14. The maximum absolute atomic E-state index is 12.9. The van der Waals surface area contributed by atoms with E-state index in [1.54, 1.807) is 24.4 Å². The van der Waals surface area contributed by atoms with E-state index in [4.69, 9.17) is 16.6 Å². The Bertz CT molecular complexity index is 1250. The van der Waals surface area contributed by atoms with Gasteiger partial charge in [0.1, 0.15) is 0 Å². The van der Waals surface area contributed by atoms with Crippen LogP contribution < -0.4 is 10.3 Å². The zero-order chi connectivity index (χ0) is 21.8. The predicted octanol–water partition coefficient (Wildman–Crippen LogP) is 5.39. The monoisotopic (exact) mass is 428 g/mol. The lowest BCUT2D eigenvalue weighted by Crippen LogP contribution is -2.18. The van der Waals surface area contributed by atoms with Gasteiger partial charge in [0.2, 0.25) is 0 Å². The Kier molecular flexibility index (Phi) is 5.96. The Morgan fingerprint density at radius 1 is 1.00 bits per heavy atom. The standard InChI is InChI=1S/C25H21ClN4O/c1-30(2)20-13-7-17(8-14-20)16-27-29-25(31)22-15-24(18-9-11-19(26)12-10-18)28-23-6-4-3-5-21(22)23/h3-16H,1-2H3,(H,29,31). The average molecular weight is 429 g/mol. The molecule has 0 radical (unpaired) electrons. The second-order valence-corrected chi connectivity index (χ2v) is 7.70. The summed E-state index contributed by atoms with van der Waals surface area (Å²) in [6.07, 6.45) is 1.63. The van der Waals surface area contributed by atoms with Crippen LogP contribution in [0.5, 0.6) is 0 Å². The van der Waals surface area contributed by atoms with Gasteiger partial charge in [-0.15, -0.1) is 0 Å². The third-order valence-electron chi connectivity index (χ3n) is 4.89. The van der Waals surface area contributed by atoms with Gasteiger partial charge in [-0.05, 0) is 42.0 Å². The van der Waals surface area contributed by atoms with Gasteiger partial charge in [-0.3, -0.25) is 4.79 Å². The van der Waals surface area contributed by atoms with E-state index in [0.717, 1.165) is 27.7 Å². The Labute approximate surface area is 186 Å². The number of aromatic nitrogens is 1. The highest BCUT2D eigenvalue weighted by atomic mass is 35.5. The van der Waals surface area contributed by atoms with Crippen molar-refractivity contribution in [3.63, 3.8) is 0 Å². The van der Waals surface area contributed by atoms with Gasteiger partial charge in [-0.1, -0.05) is 54.1 Å². The maximum Gasteiger partial charge on any atom is 0.272 e. The Hall–Kier alpha value is -3.70. The van der Waals surface area contributed by atoms with Crippen molar-refractivity contribution in [3.05, 3.63) is 95.0 Å². The molecule has 0 saturated heterocycles. The van der Waals surface area contributed by atoms with Gasteiger partial charge >= 0.3 is 0 Å². The van der Waals surface area contributed by atoms with Crippen LogP contribution in [0.2, 0.25) is 5.02 Å². The van der Waals surface area contributed by atoms with Gasteiger partial charge < -0.3 is 4.90 Å². The van der Waals surface area contributed by atoms with E-state index in [0.29, 0.717) is 16.3 Å². The highest BCUT2D eigenvalue weighted by Crippen LogP contribution is 2.26. The molecular weight excluding hydrogens is 408 g/mol. The number of halogens is 1. The summed E-state index contributed by atoms with van der Waals surface area (Å²) >= 11 is 6.00. The number of pyridine rings is 1. The van der Waals surface area contributed by atoms with Crippen LogP contribution in [0.1, 0.15) is 15.9 Å². The van der Waals surface area contributed by atoms with Crippen LogP contribution in [0, 0.1) is 0 Å². The molecular formula is C25H21ClN4O. The molecule has 4 rings (SSSR count). The van der Waals surface area contributed by atoms with Crippen LogP contribution in [0.3, 0.4) is 0 Å². The van der Waals surface area contributed by atoms with Crippen molar-refractivity contribution in [3.8, 4) is 11.3 Å². The molecule has 154 valence electrons. The fourth-order valence-corrected chi connectivity index (χ4v) is 3.34. The predicted molar refractivity (Wildman–Crippen MR) is 128 cm³/mol. The van der Waals surface area contributed by atoms with Gasteiger partial charge in [-0.2, -0.15) is 5.10 Å². The molecule has 5 nitrogen and oxygen atoms in total. The minimum absolute atomic E-state index is 0.296. The molecule has 0 unspecified atom stereocenters. The molecule has 1 amide bonds. The summed E-state index contributed by atoms with van der Waals surface area (Å²) in [4.78, 5) is 19.7. The first-order valence-electron chi connectivity index (χ1n) is 9.78. The number of carbonyl (C=O) groups excluding carboxylic acids is 1. The summed E-state index contributed by atoms with van der Waals surface area (Å²) in [7, 11) is 3.97. The smallest absolute Gasteiger partial charge is 0.272 e. The molecule has 3 aromatic carbocycles. The van der Waals surface area contributed by atoms with Crippen LogP contribution in [0.4, 0.5) is 5.69 Å². The molecule has 0 spiro atoms. The maximum atomic E-state index is 12.9. The Morgan fingerprint density at radius 2 is 1.71 bits per heavy atom. The molecule has 31 heavy (non-hydrogen) atoms. The van der Waals surface area contributed by atoms with Gasteiger partial charge in [-0.25, -0.2) is 10.4 Å². The van der Waals surface area contributed by atoms with E-state index in [9.17, 15) is 4.79 Å². The largest absolute Gasteiger partial charge is 0.378 e.